The van der Waals surface area contributed by atoms with Crippen LogP contribution in [-0.2, 0) is 6.42 Å². The summed E-state index contributed by atoms with van der Waals surface area (Å²) < 4.78 is 0.716. The molecule has 17 heavy (non-hydrogen) atoms. The van der Waals surface area contributed by atoms with Crippen molar-refractivity contribution < 1.29 is 0 Å². The predicted octanol–water partition coefficient (Wildman–Crippen LogP) is 1.37. The zero-order valence-corrected chi connectivity index (χ0v) is 11.0. The van der Waals surface area contributed by atoms with E-state index < -0.39 is 0 Å². The number of aromatic nitrogens is 2. The Labute approximate surface area is 107 Å². The van der Waals surface area contributed by atoms with E-state index >= 15 is 0 Å². The van der Waals surface area contributed by atoms with Crippen LogP contribution in [0.5, 0.6) is 0 Å². The van der Waals surface area contributed by atoms with Crippen LogP contribution in [0.1, 0.15) is 24.5 Å². The third-order valence-corrected chi connectivity index (χ3v) is 4.00. The molecule has 3 fully saturated rings. The summed E-state index contributed by atoms with van der Waals surface area (Å²) in [6.07, 6.45) is 0.982. The number of H-pyrrole nitrogens is 1. The van der Waals surface area contributed by atoms with Gasteiger partial charge in [-0.15, -0.1) is 0 Å². The van der Waals surface area contributed by atoms with Gasteiger partial charge in [0.2, 0.25) is 0 Å². The van der Waals surface area contributed by atoms with Gasteiger partial charge in [0.05, 0.1) is 6.04 Å². The fourth-order valence-electron chi connectivity index (χ4n) is 2.75. The monoisotopic (exact) mass is 250 g/mol. The zero-order chi connectivity index (χ0) is 11.8. The molecule has 3 aliphatic rings. The molecular formula is C12H18N4S. The van der Waals surface area contributed by atoms with Crippen molar-refractivity contribution in [1.82, 2.24) is 19.8 Å². The van der Waals surface area contributed by atoms with Gasteiger partial charge in [0.1, 0.15) is 10.5 Å². The van der Waals surface area contributed by atoms with Crippen LogP contribution in [0.2, 0.25) is 0 Å². The van der Waals surface area contributed by atoms with Gasteiger partial charge in [-0.2, -0.15) is 0 Å². The van der Waals surface area contributed by atoms with E-state index in [1.807, 2.05) is 6.07 Å². The Morgan fingerprint density at radius 3 is 2.76 bits per heavy atom. The van der Waals surface area contributed by atoms with Gasteiger partial charge in [-0.05, 0) is 12.5 Å². The molecule has 4 heterocycles. The average Bonchev–Trinajstić information content (AvgIpc) is 2.39. The van der Waals surface area contributed by atoms with Gasteiger partial charge in [0.25, 0.3) is 0 Å². The molecule has 4 rings (SSSR count). The Morgan fingerprint density at radius 2 is 2.18 bits per heavy atom. The van der Waals surface area contributed by atoms with Crippen molar-refractivity contribution in [1.29, 1.82) is 0 Å². The van der Waals surface area contributed by atoms with Crippen LogP contribution in [0.4, 0.5) is 0 Å². The molecule has 1 unspecified atom stereocenters. The van der Waals surface area contributed by atoms with E-state index in [-0.39, 0.29) is 0 Å². The molecule has 1 aromatic rings. The molecular weight excluding hydrogens is 232 g/mol. The minimum Gasteiger partial charge on any atom is -0.346 e. The van der Waals surface area contributed by atoms with E-state index in [1.165, 1.54) is 18.8 Å². The Kier molecular flexibility index (Phi) is 2.98. The number of rotatable bonds is 2. The zero-order valence-electron chi connectivity index (χ0n) is 10.1. The SMILES string of the molecule is CCc1cc(=S)nc(C2CN3CCN2CC3)[nH]1. The third kappa shape index (κ3) is 2.14. The highest BCUT2D eigenvalue weighted by Gasteiger charge is 2.34. The van der Waals surface area contributed by atoms with Crippen molar-refractivity contribution in [3.63, 3.8) is 0 Å². The molecule has 0 saturated carbocycles. The van der Waals surface area contributed by atoms with Crippen molar-refractivity contribution in [2.24, 2.45) is 0 Å². The van der Waals surface area contributed by atoms with Gasteiger partial charge < -0.3 is 4.98 Å². The first-order valence-corrected chi connectivity index (χ1v) is 6.73. The van der Waals surface area contributed by atoms with Crippen molar-refractivity contribution in [3.05, 3.63) is 22.2 Å². The van der Waals surface area contributed by atoms with Gasteiger partial charge in [0, 0.05) is 38.4 Å². The number of nitrogens with one attached hydrogen (secondary N) is 1. The molecule has 3 aliphatic heterocycles. The molecule has 5 heteroatoms. The Balaban J connectivity index is 1.93. The first-order valence-electron chi connectivity index (χ1n) is 6.33. The minimum absolute atomic E-state index is 0.408. The van der Waals surface area contributed by atoms with E-state index in [1.54, 1.807) is 0 Å². The van der Waals surface area contributed by atoms with E-state index in [0.717, 1.165) is 31.9 Å². The molecule has 0 aliphatic carbocycles. The van der Waals surface area contributed by atoms with Crippen LogP contribution in [0.25, 0.3) is 0 Å². The Hall–Kier alpha value is -0.780. The second-order valence-corrected chi connectivity index (χ2v) is 5.25. The molecule has 1 aromatic heterocycles. The Morgan fingerprint density at radius 1 is 1.41 bits per heavy atom. The number of hydrogen-bond donors (Lipinski definition) is 1. The van der Waals surface area contributed by atoms with Gasteiger partial charge in [-0.25, -0.2) is 4.98 Å². The lowest BCUT2D eigenvalue weighted by molar-refractivity contribution is 0.00852. The highest BCUT2D eigenvalue weighted by atomic mass is 32.1. The molecule has 2 bridgehead atoms. The standard InChI is InChI=1S/C12H18N4S/c1-2-9-7-11(17)14-12(13-9)10-8-15-3-5-16(10)6-4-15/h7,10H,2-6,8H2,1H3,(H,13,14,17). The quantitative estimate of drug-likeness (QED) is 0.804. The molecule has 0 spiro atoms. The molecule has 4 nitrogen and oxygen atoms in total. The number of fused-ring (bicyclic) bond motifs is 3. The van der Waals surface area contributed by atoms with Gasteiger partial charge in [-0.3, -0.25) is 9.80 Å². The van der Waals surface area contributed by atoms with E-state index in [9.17, 15) is 0 Å². The number of aryl methyl sites for hydroxylation is 1. The van der Waals surface area contributed by atoms with E-state index in [2.05, 4.69) is 26.7 Å². The molecule has 1 N–H and O–H groups in total. The van der Waals surface area contributed by atoms with Crippen LogP contribution in [0.15, 0.2) is 6.07 Å². The molecule has 0 amide bonds. The Bertz CT molecular complexity index is 462. The topological polar surface area (TPSA) is 35.2 Å². The van der Waals surface area contributed by atoms with Crippen molar-refractivity contribution in [3.8, 4) is 0 Å². The number of hydrogen-bond acceptors (Lipinski definition) is 4. The van der Waals surface area contributed by atoms with Crippen LogP contribution in [0, 0.1) is 4.64 Å². The van der Waals surface area contributed by atoms with Gasteiger partial charge >= 0.3 is 0 Å². The fraction of sp³-hybridized carbons (Fsp3) is 0.667. The highest BCUT2D eigenvalue weighted by molar-refractivity contribution is 7.71. The smallest absolute Gasteiger partial charge is 0.130 e. The summed E-state index contributed by atoms with van der Waals surface area (Å²) in [5, 5.41) is 0. The fourth-order valence-corrected chi connectivity index (χ4v) is 2.99. The second kappa shape index (κ2) is 4.48. The summed E-state index contributed by atoms with van der Waals surface area (Å²) >= 11 is 5.25. The van der Waals surface area contributed by atoms with Crippen molar-refractivity contribution in [2.45, 2.75) is 19.4 Å². The first-order chi connectivity index (χ1) is 8.26. The van der Waals surface area contributed by atoms with Gasteiger partial charge in [-0.1, -0.05) is 19.1 Å². The van der Waals surface area contributed by atoms with E-state index in [4.69, 9.17) is 12.2 Å². The van der Waals surface area contributed by atoms with Crippen molar-refractivity contribution in [2.75, 3.05) is 32.7 Å². The predicted molar refractivity (Wildman–Crippen MR) is 69.6 cm³/mol. The third-order valence-electron chi connectivity index (χ3n) is 3.79. The number of nitrogens with zero attached hydrogens (tertiary/aromatic N) is 3. The highest BCUT2D eigenvalue weighted by Crippen LogP contribution is 2.26. The summed E-state index contributed by atoms with van der Waals surface area (Å²) in [4.78, 5) is 13.0. The lowest BCUT2D eigenvalue weighted by Crippen LogP contribution is -2.57. The van der Waals surface area contributed by atoms with Crippen LogP contribution >= 0.6 is 12.2 Å². The van der Waals surface area contributed by atoms with Crippen LogP contribution < -0.4 is 0 Å². The van der Waals surface area contributed by atoms with Crippen molar-refractivity contribution >= 4 is 12.2 Å². The average molecular weight is 250 g/mol. The lowest BCUT2D eigenvalue weighted by Gasteiger charge is -2.46. The molecule has 0 aromatic carbocycles. The molecule has 0 radical (unpaired) electrons. The summed E-state index contributed by atoms with van der Waals surface area (Å²) in [6, 6.07) is 2.38. The summed E-state index contributed by atoms with van der Waals surface area (Å²) in [5.41, 5.74) is 1.19. The second-order valence-electron chi connectivity index (χ2n) is 4.84. The normalized spacial score (nSPS) is 31.7. The van der Waals surface area contributed by atoms with Crippen LogP contribution in [0.3, 0.4) is 0 Å². The first kappa shape index (κ1) is 11.3. The summed E-state index contributed by atoms with van der Waals surface area (Å²) in [7, 11) is 0. The summed E-state index contributed by atoms with van der Waals surface area (Å²) in [5.74, 6) is 1.05. The maximum atomic E-state index is 5.25. The van der Waals surface area contributed by atoms with Crippen LogP contribution in [-0.4, -0.2) is 52.5 Å². The summed E-state index contributed by atoms with van der Waals surface area (Å²) in [6.45, 7) is 7.94. The molecule has 3 saturated heterocycles. The largest absolute Gasteiger partial charge is 0.346 e. The molecule has 92 valence electrons. The number of aromatic amines is 1. The lowest BCUT2D eigenvalue weighted by atomic mass is 10.1. The van der Waals surface area contributed by atoms with E-state index in [0.29, 0.717) is 10.7 Å². The van der Waals surface area contributed by atoms with Gasteiger partial charge in [0.15, 0.2) is 0 Å². The maximum Gasteiger partial charge on any atom is 0.130 e. The number of piperazine rings is 3. The maximum absolute atomic E-state index is 5.25. The molecule has 1 atom stereocenters. The minimum atomic E-state index is 0.408.